The van der Waals surface area contributed by atoms with Gasteiger partial charge in [0.25, 0.3) is 0 Å². The first-order valence-electron chi connectivity index (χ1n) is 8.34. The van der Waals surface area contributed by atoms with Gasteiger partial charge in [0, 0.05) is 25.7 Å². The van der Waals surface area contributed by atoms with Gasteiger partial charge in [-0.25, -0.2) is 4.98 Å². The molecule has 1 aromatic carbocycles. The molecule has 120 valence electrons. The molecule has 0 radical (unpaired) electrons. The van der Waals surface area contributed by atoms with E-state index in [1.165, 1.54) is 19.3 Å². The van der Waals surface area contributed by atoms with Crippen LogP contribution in [0, 0.1) is 6.92 Å². The van der Waals surface area contributed by atoms with Gasteiger partial charge in [0.05, 0.1) is 17.1 Å². The zero-order chi connectivity index (χ0) is 15.9. The lowest BCUT2D eigenvalue weighted by atomic mass is 9.96. The van der Waals surface area contributed by atoms with Gasteiger partial charge in [-0.1, -0.05) is 12.5 Å². The summed E-state index contributed by atoms with van der Waals surface area (Å²) in [5.74, 6) is 1.000. The smallest absolute Gasteiger partial charge is 0.106 e. The number of likely N-dealkylation sites (tertiary alicyclic amines) is 1. The van der Waals surface area contributed by atoms with Crippen LogP contribution in [0.25, 0.3) is 11.0 Å². The summed E-state index contributed by atoms with van der Waals surface area (Å²) in [5, 5.41) is 10.7. The number of fused-ring (bicyclic) bond motifs is 1. The number of hydrogen-bond donors (Lipinski definition) is 1. The average Bonchev–Trinajstić information content (AvgIpc) is 2.77. The van der Waals surface area contributed by atoms with Crippen molar-refractivity contribution in [3.63, 3.8) is 0 Å². The molecule has 4 nitrogen and oxygen atoms in total. The summed E-state index contributed by atoms with van der Waals surface area (Å²) in [6.07, 6.45) is 3.31. The maximum Gasteiger partial charge on any atom is 0.106 e. The molecular formula is C18H27N3O. The molecule has 0 spiro atoms. The number of hydrogen-bond acceptors (Lipinski definition) is 3. The van der Waals surface area contributed by atoms with Crippen molar-refractivity contribution in [2.24, 2.45) is 7.05 Å². The van der Waals surface area contributed by atoms with Crippen LogP contribution in [-0.4, -0.2) is 38.2 Å². The highest BCUT2D eigenvalue weighted by atomic mass is 16.3. The largest absolute Gasteiger partial charge is 0.387 e. The Morgan fingerprint density at radius 2 is 1.95 bits per heavy atom. The number of aliphatic hydroxyl groups is 1. The van der Waals surface area contributed by atoms with Gasteiger partial charge in [0.15, 0.2) is 0 Å². The van der Waals surface area contributed by atoms with Gasteiger partial charge >= 0.3 is 0 Å². The summed E-state index contributed by atoms with van der Waals surface area (Å²) in [6, 6.07) is 7.25. The van der Waals surface area contributed by atoms with Crippen molar-refractivity contribution in [3.8, 4) is 0 Å². The second kappa shape index (κ2) is 6.01. The van der Waals surface area contributed by atoms with E-state index in [9.17, 15) is 5.11 Å². The van der Waals surface area contributed by atoms with E-state index in [0.29, 0.717) is 18.6 Å². The van der Waals surface area contributed by atoms with Crippen molar-refractivity contribution in [2.45, 2.75) is 58.2 Å². The average molecular weight is 301 g/mol. The Hall–Kier alpha value is -1.39. The molecule has 0 saturated carbocycles. The summed E-state index contributed by atoms with van der Waals surface area (Å²) in [7, 11) is 2.03. The zero-order valence-corrected chi connectivity index (χ0v) is 14.1. The predicted molar refractivity (Wildman–Crippen MR) is 89.9 cm³/mol. The molecule has 1 N–H and O–H groups in total. The molecule has 2 aromatic rings. The minimum atomic E-state index is -0.449. The molecule has 0 aliphatic carbocycles. The Morgan fingerprint density at radius 3 is 2.64 bits per heavy atom. The molecule has 22 heavy (non-hydrogen) atoms. The van der Waals surface area contributed by atoms with E-state index in [0.717, 1.165) is 22.4 Å². The van der Waals surface area contributed by atoms with Crippen LogP contribution in [0.4, 0.5) is 0 Å². The number of nitrogens with zero attached hydrogens (tertiary/aromatic N) is 3. The molecule has 3 atom stereocenters. The van der Waals surface area contributed by atoms with Crippen molar-refractivity contribution in [3.05, 3.63) is 29.6 Å². The van der Waals surface area contributed by atoms with E-state index in [1.807, 2.05) is 26.1 Å². The SMILES string of the molecule is Cc1nc2cc(C(O)CN3C(C)CCCC3C)ccc2n1C. The summed E-state index contributed by atoms with van der Waals surface area (Å²) in [5.41, 5.74) is 3.06. The summed E-state index contributed by atoms with van der Waals surface area (Å²) < 4.78 is 2.08. The van der Waals surface area contributed by atoms with E-state index in [2.05, 4.69) is 34.4 Å². The van der Waals surface area contributed by atoms with Crippen LogP contribution in [0.1, 0.15) is 50.6 Å². The third kappa shape index (κ3) is 2.77. The molecule has 0 amide bonds. The summed E-state index contributed by atoms with van der Waals surface area (Å²) in [6.45, 7) is 7.26. The molecule has 1 aromatic heterocycles. The highest BCUT2D eigenvalue weighted by Gasteiger charge is 2.27. The number of imidazole rings is 1. The second-order valence-electron chi connectivity index (χ2n) is 6.81. The molecule has 1 aliphatic heterocycles. The molecule has 1 aliphatic rings. The van der Waals surface area contributed by atoms with Gasteiger partial charge in [0.1, 0.15) is 5.82 Å². The molecule has 3 unspecified atom stereocenters. The van der Waals surface area contributed by atoms with Crippen LogP contribution in [-0.2, 0) is 7.05 Å². The number of piperidine rings is 1. The molecular weight excluding hydrogens is 274 g/mol. The molecule has 4 heteroatoms. The van der Waals surface area contributed by atoms with Gasteiger partial charge in [-0.3, -0.25) is 4.90 Å². The third-order valence-corrected chi connectivity index (χ3v) is 5.27. The highest BCUT2D eigenvalue weighted by molar-refractivity contribution is 5.76. The molecule has 1 fully saturated rings. The van der Waals surface area contributed by atoms with Crippen molar-refractivity contribution in [2.75, 3.05) is 6.54 Å². The Morgan fingerprint density at radius 1 is 1.27 bits per heavy atom. The third-order valence-electron chi connectivity index (χ3n) is 5.27. The fourth-order valence-electron chi connectivity index (χ4n) is 3.68. The van der Waals surface area contributed by atoms with E-state index < -0.39 is 6.10 Å². The quantitative estimate of drug-likeness (QED) is 0.946. The number of β-amino-alcohol motifs (C(OH)–C–C–N with tert-alkyl or cyclic N) is 1. The summed E-state index contributed by atoms with van der Waals surface area (Å²) >= 11 is 0. The van der Waals surface area contributed by atoms with Gasteiger partial charge in [-0.05, 0) is 51.3 Å². The van der Waals surface area contributed by atoms with Crippen LogP contribution in [0.15, 0.2) is 18.2 Å². The number of aliphatic hydroxyl groups excluding tert-OH is 1. The van der Waals surface area contributed by atoms with Crippen molar-refractivity contribution < 1.29 is 5.11 Å². The summed E-state index contributed by atoms with van der Waals surface area (Å²) in [4.78, 5) is 7.02. The van der Waals surface area contributed by atoms with Crippen LogP contribution in [0.5, 0.6) is 0 Å². The molecule has 2 heterocycles. The molecule has 0 bridgehead atoms. The number of aryl methyl sites for hydroxylation is 2. The standard InChI is InChI=1S/C18H27N3O/c1-12-6-5-7-13(2)21(12)11-18(22)15-8-9-17-16(10-15)19-14(3)20(17)4/h8-10,12-13,18,22H,5-7,11H2,1-4H3. The van der Waals surface area contributed by atoms with E-state index >= 15 is 0 Å². The predicted octanol–water partition coefficient (Wildman–Crippen LogP) is 3.18. The van der Waals surface area contributed by atoms with Crippen LogP contribution in [0.3, 0.4) is 0 Å². The molecule has 3 rings (SSSR count). The number of aromatic nitrogens is 2. The van der Waals surface area contributed by atoms with E-state index in [-0.39, 0.29) is 0 Å². The van der Waals surface area contributed by atoms with Gasteiger partial charge in [-0.2, -0.15) is 0 Å². The van der Waals surface area contributed by atoms with Crippen molar-refractivity contribution in [1.29, 1.82) is 0 Å². The fourth-order valence-corrected chi connectivity index (χ4v) is 3.68. The van der Waals surface area contributed by atoms with Crippen molar-refractivity contribution >= 4 is 11.0 Å². The number of benzene rings is 1. The first kappa shape index (κ1) is 15.5. The van der Waals surface area contributed by atoms with Crippen molar-refractivity contribution in [1.82, 2.24) is 14.5 Å². The van der Waals surface area contributed by atoms with Gasteiger partial charge < -0.3 is 9.67 Å². The highest BCUT2D eigenvalue weighted by Crippen LogP contribution is 2.27. The fraction of sp³-hybridized carbons (Fsp3) is 0.611. The lowest BCUT2D eigenvalue weighted by Crippen LogP contribution is -2.45. The Labute approximate surface area is 132 Å². The maximum atomic E-state index is 10.7. The van der Waals surface area contributed by atoms with Gasteiger partial charge in [-0.15, -0.1) is 0 Å². The second-order valence-corrected chi connectivity index (χ2v) is 6.81. The minimum absolute atomic E-state index is 0.449. The minimum Gasteiger partial charge on any atom is -0.387 e. The van der Waals surface area contributed by atoms with E-state index in [4.69, 9.17) is 0 Å². The first-order chi connectivity index (χ1) is 10.5. The maximum absolute atomic E-state index is 10.7. The van der Waals surface area contributed by atoms with E-state index in [1.54, 1.807) is 0 Å². The first-order valence-corrected chi connectivity index (χ1v) is 8.34. The Balaban J connectivity index is 1.81. The lowest BCUT2D eigenvalue weighted by molar-refractivity contribution is 0.0412. The topological polar surface area (TPSA) is 41.3 Å². The molecule has 1 saturated heterocycles. The zero-order valence-electron chi connectivity index (χ0n) is 14.1. The van der Waals surface area contributed by atoms with Gasteiger partial charge in [0.2, 0.25) is 0 Å². The van der Waals surface area contributed by atoms with Crippen LogP contribution >= 0.6 is 0 Å². The monoisotopic (exact) mass is 301 g/mol. The number of rotatable bonds is 3. The Kier molecular flexibility index (Phi) is 4.24. The lowest BCUT2D eigenvalue weighted by Gasteiger charge is -2.40. The normalized spacial score (nSPS) is 24.8. The van der Waals surface area contributed by atoms with Crippen LogP contribution < -0.4 is 0 Å². The van der Waals surface area contributed by atoms with Crippen LogP contribution in [0.2, 0.25) is 0 Å². The Bertz CT molecular complexity index is 654.